The molecule has 0 atom stereocenters. The van der Waals surface area contributed by atoms with E-state index in [9.17, 15) is 5.11 Å². The third-order valence-corrected chi connectivity index (χ3v) is 4.55. The zero-order valence-electron chi connectivity index (χ0n) is 11.7. The molecule has 104 valence electrons. The first-order valence-corrected chi connectivity index (χ1v) is 7.11. The van der Waals surface area contributed by atoms with E-state index < -0.39 is 11.4 Å². The molecule has 0 amide bonds. The van der Waals surface area contributed by atoms with Crippen molar-refractivity contribution in [2.45, 2.75) is 50.9 Å². The fraction of sp³-hybridized carbons (Fsp3) is 0.625. The van der Waals surface area contributed by atoms with E-state index in [0.29, 0.717) is 26.1 Å². The van der Waals surface area contributed by atoms with Gasteiger partial charge in [0.2, 0.25) is 0 Å². The molecule has 1 aromatic rings. The molecule has 1 saturated carbocycles. The van der Waals surface area contributed by atoms with Crippen LogP contribution in [0.2, 0.25) is 0 Å². The molecule has 3 rings (SSSR count). The first kappa shape index (κ1) is 13.1. The molecule has 19 heavy (non-hydrogen) atoms. The Morgan fingerprint density at radius 2 is 1.63 bits per heavy atom. The molecular weight excluding hydrogens is 240 g/mol. The Hall–Kier alpha value is -0.900. The van der Waals surface area contributed by atoms with E-state index in [1.165, 1.54) is 5.56 Å². The van der Waals surface area contributed by atoms with Crippen LogP contribution in [-0.2, 0) is 15.1 Å². The quantitative estimate of drug-likeness (QED) is 0.846. The Morgan fingerprint density at radius 1 is 1.00 bits per heavy atom. The van der Waals surface area contributed by atoms with Gasteiger partial charge >= 0.3 is 0 Å². The Kier molecular flexibility index (Phi) is 3.16. The molecule has 1 saturated heterocycles. The van der Waals surface area contributed by atoms with Gasteiger partial charge in [0.05, 0.1) is 18.8 Å². The molecule has 1 aromatic carbocycles. The predicted molar refractivity (Wildman–Crippen MR) is 72.9 cm³/mol. The third-order valence-electron chi connectivity index (χ3n) is 4.55. The van der Waals surface area contributed by atoms with Crippen LogP contribution in [-0.4, -0.2) is 24.1 Å². The number of hydrogen-bond donors (Lipinski definition) is 1. The topological polar surface area (TPSA) is 38.7 Å². The monoisotopic (exact) mass is 262 g/mol. The fourth-order valence-electron chi connectivity index (χ4n) is 3.34. The Labute approximate surface area is 114 Å². The average Bonchev–Trinajstić information content (AvgIpc) is 2.85. The number of hydrogen-bond acceptors (Lipinski definition) is 3. The zero-order chi connectivity index (χ0) is 13.5. The van der Waals surface area contributed by atoms with Crippen LogP contribution in [0.4, 0.5) is 0 Å². The van der Waals surface area contributed by atoms with Gasteiger partial charge in [-0.3, -0.25) is 0 Å². The van der Waals surface area contributed by atoms with Gasteiger partial charge in [0.1, 0.15) is 0 Å². The summed E-state index contributed by atoms with van der Waals surface area (Å²) in [6.45, 7) is 5.50. The van der Waals surface area contributed by atoms with E-state index in [0.717, 1.165) is 24.0 Å². The number of rotatable bonds is 1. The molecule has 1 aliphatic heterocycles. The SMILES string of the molecule is Cc1ccc(C)c(C2(O)CCC3(CC2)OCCO3)c1. The van der Waals surface area contributed by atoms with Gasteiger partial charge in [-0.25, -0.2) is 0 Å². The molecule has 1 spiro atoms. The van der Waals surface area contributed by atoms with Gasteiger partial charge < -0.3 is 14.6 Å². The van der Waals surface area contributed by atoms with E-state index in [2.05, 4.69) is 32.0 Å². The molecule has 3 nitrogen and oxygen atoms in total. The molecule has 1 aliphatic carbocycles. The maximum atomic E-state index is 11.0. The first-order chi connectivity index (χ1) is 9.03. The van der Waals surface area contributed by atoms with Gasteiger partial charge in [-0.1, -0.05) is 23.8 Å². The molecule has 0 radical (unpaired) electrons. The van der Waals surface area contributed by atoms with E-state index in [4.69, 9.17) is 9.47 Å². The summed E-state index contributed by atoms with van der Waals surface area (Å²) in [5.74, 6) is -0.413. The summed E-state index contributed by atoms with van der Waals surface area (Å²) in [7, 11) is 0. The Balaban J connectivity index is 1.83. The van der Waals surface area contributed by atoms with Crippen molar-refractivity contribution in [1.29, 1.82) is 0 Å². The lowest BCUT2D eigenvalue weighted by molar-refractivity contribution is -0.204. The summed E-state index contributed by atoms with van der Waals surface area (Å²) in [5.41, 5.74) is 2.71. The summed E-state index contributed by atoms with van der Waals surface area (Å²) in [4.78, 5) is 0. The highest BCUT2D eigenvalue weighted by atomic mass is 16.7. The minimum atomic E-state index is -0.726. The summed E-state index contributed by atoms with van der Waals surface area (Å²) in [6, 6.07) is 6.30. The summed E-state index contributed by atoms with van der Waals surface area (Å²) in [6.07, 6.45) is 2.96. The average molecular weight is 262 g/mol. The third kappa shape index (κ3) is 2.31. The van der Waals surface area contributed by atoms with Crippen LogP contribution in [0.25, 0.3) is 0 Å². The zero-order valence-corrected chi connectivity index (χ0v) is 11.7. The van der Waals surface area contributed by atoms with Crippen molar-refractivity contribution in [2.24, 2.45) is 0 Å². The van der Waals surface area contributed by atoms with Crippen LogP contribution in [0.5, 0.6) is 0 Å². The minimum absolute atomic E-state index is 0.413. The lowest BCUT2D eigenvalue weighted by Gasteiger charge is -2.41. The minimum Gasteiger partial charge on any atom is -0.385 e. The van der Waals surface area contributed by atoms with Crippen LogP contribution in [0, 0.1) is 13.8 Å². The van der Waals surface area contributed by atoms with Gasteiger partial charge in [0.15, 0.2) is 5.79 Å². The number of aliphatic hydroxyl groups is 1. The first-order valence-electron chi connectivity index (χ1n) is 7.11. The van der Waals surface area contributed by atoms with Gasteiger partial charge in [-0.15, -0.1) is 0 Å². The second-order valence-electron chi connectivity index (χ2n) is 5.96. The molecule has 3 heteroatoms. The van der Waals surface area contributed by atoms with Crippen molar-refractivity contribution >= 4 is 0 Å². The van der Waals surface area contributed by atoms with Gasteiger partial charge in [-0.2, -0.15) is 0 Å². The number of ether oxygens (including phenoxy) is 2. The van der Waals surface area contributed by atoms with Gasteiger partial charge in [-0.05, 0) is 37.8 Å². The van der Waals surface area contributed by atoms with Crippen LogP contribution in [0.3, 0.4) is 0 Å². The highest BCUT2D eigenvalue weighted by molar-refractivity contribution is 5.35. The summed E-state index contributed by atoms with van der Waals surface area (Å²) >= 11 is 0. The van der Waals surface area contributed by atoms with Crippen molar-refractivity contribution in [3.63, 3.8) is 0 Å². The van der Waals surface area contributed by atoms with E-state index in [-0.39, 0.29) is 0 Å². The highest BCUT2D eigenvalue weighted by Crippen LogP contribution is 2.45. The van der Waals surface area contributed by atoms with Crippen molar-refractivity contribution in [2.75, 3.05) is 13.2 Å². The second kappa shape index (κ2) is 4.58. The van der Waals surface area contributed by atoms with Gasteiger partial charge in [0.25, 0.3) is 0 Å². The largest absolute Gasteiger partial charge is 0.385 e. The molecule has 0 aromatic heterocycles. The lowest BCUT2D eigenvalue weighted by Crippen LogP contribution is -2.42. The number of benzene rings is 1. The normalized spacial score (nSPS) is 24.8. The number of aryl methyl sites for hydroxylation is 2. The standard InChI is InChI=1S/C16H22O3/c1-12-3-4-13(2)14(11-12)15(17)5-7-16(8-6-15)18-9-10-19-16/h3-4,11,17H,5-10H2,1-2H3. The maximum absolute atomic E-state index is 11.0. The van der Waals surface area contributed by atoms with Crippen molar-refractivity contribution in [3.8, 4) is 0 Å². The molecule has 1 N–H and O–H groups in total. The van der Waals surface area contributed by atoms with Crippen molar-refractivity contribution in [1.82, 2.24) is 0 Å². The van der Waals surface area contributed by atoms with Crippen LogP contribution >= 0.6 is 0 Å². The summed E-state index contributed by atoms with van der Waals surface area (Å²) < 4.78 is 11.5. The van der Waals surface area contributed by atoms with Crippen molar-refractivity contribution < 1.29 is 14.6 Å². The van der Waals surface area contributed by atoms with E-state index in [1.807, 2.05) is 0 Å². The molecule has 2 fully saturated rings. The van der Waals surface area contributed by atoms with Crippen LogP contribution in [0.15, 0.2) is 18.2 Å². The maximum Gasteiger partial charge on any atom is 0.168 e. The molecular formula is C16H22O3. The molecule has 0 unspecified atom stereocenters. The predicted octanol–water partition coefficient (Wildman–Crippen LogP) is 2.81. The lowest BCUT2D eigenvalue weighted by atomic mass is 9.75. The molecule has 1 heterocycles. The van der Waals surface area contributed by atoms with E-state index in [1.54, 1.807) is 0 Å². The van der Waals surface area contributed by atoms with Gasteiger partial charge in [0, 0.05) is 12.8 Å². The molecule has 2 aliphatic rings. The smallest absolute Gasteiger partial charge is 0.168 e. The Bertz CT molecular complexity index is 465. The highest BCUT2D eigenvalue weighted by Gasteiger charge is 2.46. The van der Waals surface area contributed by atoms with Crippen molar-refractivity contribution in [3.05, 3.63) is 34.9 Å². The Morgan fingerprint density at radius 3 is 2.26 bits per heavy atom. The molecule has 0 bridgehead atoms. The van der Waals surface area contributed by atoms with Crippen LogP contribution in [0.1, 0.15) is 42.4 Å². The summed E-state index contributed by atoms with van der Waals surface area (Å²) in [5, 5.41) is 11.0. The van der Waals surface area contributed by atoms with E-state index >= 15 is 0 Å². The second-order valence-corrected chi connectivity index (χ2v) is 5.96. The fourth-order valence-corrected chi connectivity index (χ4v) is 3.34. The van der Waals surface area contributed by atoms with Crippen LogP contribution < -0.4 is 0 Å².